The molecule has 1 N–H and O–H groups in total. The average Bonchev–Trinajstić information content (AvgIpc) is 3.42. The summed E-state index contributed by atoms with van der Waals surface area (Å²) in [5.41, 5.74) is 0.767. The quantitative estimate of drug-likeness (QED) is 0.136. The lowest BCUT2D eigenvalue weighted by Gasteiger charge is -2.38. The number of hydrogen-bond acceptors (Lipinski definition) is 5. The molecule has 8 nitrogen and oxygen atoms in total. The van der Waals surface area contributed by atoms with E-state index >= 15 is 0 Å². The van der Waals surface area contributed by atoms with E-state index in [-0.39, 0.29) is 12.1 Å². The predicted molar refractivity (Wildman–Crippen MR) is 173 cm³/mol. The Labute approximate surface area is 272 Å². The second-order valence-electron chi connectivity index (χ2n) is 12.0. The minimum atomic E-state index is -4.69. The molecule has 0 bridgehead atoms. The van der Waals surface area contributed by atoms with Gasteiger partial charge in [-0.25, -0.2) is 9.07 Å². The van der Waals surface area contributed by atoms with E-state index in [0.717, 1.165) is 18.2 Å². The topological polar surface area (TPSA) is 103 Å². The van der Waals surface area contributed by atoms with Crippen LogP contribution in [0, 0.1) is 5.82 Å². The van der Waals surface area contributed by atoms with Gasteiger partial charge in [-0.15, -0.1) is 0 Å². The zero-order valence-electron chi connectivity index (χ0n) is 26.3. The lowest BCUT2D eigenvalue weighted by Crippen LogP contribution is -2.55. The van der Waals surface area contributed by atoms with Crippen molar-refractivity contribution >= 4 is 34.7 Å². The Morgan fingerprint density at radius 1 is 1.02 bits per heavy atom. The molecule has 0 saturated heterocycles. The normalized spacial score (nSPS) is 17.8. The molecule has 0 fully saturated rings. The number of hydrogen-bond donors (Lipinski definition) is 1. The number of anilines is 1. The minimum absolute atomic E-state index is 0.139. The monoisotopic (exact) mass is 667 g/mol. The first-order chi connectivity index (χ1) is 22.1. The standard InChI is InChI=1S/C34H33F4N5O3S/c1-6-42-31-27(28(20(2)41-47(46)33(3,4)5)40-43(31)25-13-8-7-9-14-25)26(21-15-17-24(35)18-16-21)29(32(42)45)39-30(44)22-11-10-12-23(19-22)34(36,37)38/h7-19,26,29H,6H2,1-5H3,(H,39,44)/t26-,29-,47?/m1/s1. The minimum Gasteiger partial charge on any atom is -0.591 e. The molecule has 13 heteroatoms. The number of carbonyl (C=O) groups is 2. The number of amides is 2. The van der Waals surface area contributed by atoms with E-state index in [2.05, 4.69) is 9.71 Å². The van der Waals surface area contributed by atoms with Gasteiger partial charge in [0, 0.05) is 23.6 Å². The molecule has 3 aromatic carbocycles. The lowest BCUT2D eigenvalue weighted by molar-refractivity contribution is -0.137. The van der Waals surface area contributed by atoms with Crippen molar-refractivity contribution < 1.29 is 31.7 Å². The SMILES string of the molecule is CCN1C(=O)[C@H](NC(=O)c2cccc(C(F)(F)F)c2)[C@H](c2ccc(F)cc2)c2c(C(C)=N[S+]([O-])C(C)(C)C)nn(-c3ccccc3)c21. The Kier molecular flexibility index (Phi) is 9.33. The number of rotatable bonds is 7. The fourth-order valence-electron chi connectivity index (χ4n) is 5.41. The Bertz CT molecular complexity index is 1820. The fourth-order valence-corrected chi connectivity index (χ4v) is 6.02. The van der Waals surface area contributed by atoms with Crippen LogP contribution in [-0.4, -0.2) is 49.2 Å². The first kappa shape index (κ1) is 33.9. The molecule has 0 saturated carbocycles. The highest BCUT2D eigenvalue weighted by Gasteiger charge is 2.47. The van der Waals surface area contributed by atoms with Gasteiger partial charge >= 0.3 is 6.18 Å². The van der Waals surface area contributed by atoms with Crippen molar-refractivity contribution in [3.63, 3.8) is 0 Å². The molecule has 47 heavy (non-hydrogen) atoms. The maximum atomic E-state index is 14.4. The number of aromatic nitrogens is 2. The lowest BCUT2D eigenvalue weighted by atomic mass is 9.80. The highest BCUT2D eigenvalue weighted by atomic mass is 32.2. The van der Waals surface area contributed by atoms with Crippen molar-refractivity contribution in [1.29, 1.82) is 0 Å². The van der Waals surface area contributed by atoms with Gasteiger partial charge in [-0.2, -0.15) is 18.3 Å². The van der Waals surface area contributed by atoms with Crippen molar-refractivity contribution in [2.75, 3.05) is 11.4 Å². The Morgan fingerprint density at radius 2 is 1.68 bits per heavy atom. The van der Waals surface area contributed by atoms with Crippen molar-refractivity contribution in [3.05, 3.63) is 113 Å². The van der Waals surface area contributed by atoms with Gasteiger partial charge in [0.1, 0.15) is 45.2 Å². The third-order valence-corrected chi connectivity index (χ3v) is 9.19. The molecular weight excluding hydrogens is 634 g/mol. The summed E-state index contributed by atoms with van der Waals surface area (Å²) in [5, 5.41) is 7.56. The summed E-state index contributed by atoms with van der Waals surface area (Å²) in [6, 6.07) is 17.0. The van der Waals surface area contributed by atoms with Crippen LogP contribution in [0.2, 0.25) is 0 Å². The second-order valence-corrected chi connectivity index (χ2v) is 13.9. The molecule has 0 spiro atoms. The summed E-state index contributed by atoms with van der Waals surface area (Å²) in [7, 11) is 0. The van der Waals surface area contributed by atoms with Gasteiger partial charge in [0.15, 0.2) is 0 Å². The summed E-state index contributed by atoms with van der Waals surface area (Å²) in [5.74, 6) is -2.61. The second kappa shape index (κ2) is 13.0. The highest BCUT2D eigenvalue weighted by Crippen LogP contribution is 2.44. The molecule has 1 aliphatic heterocycles. The molecule has 4 aromatic rings. The van der Waals surface area contributed by atoms with E-state index in [9.17, 15) is 31.7 Å². The number of likely N-dealkylation sites (N-methyl/N-ethyl adjacent to an activating group) is 1. The Hall–Kier alpha value is -4.49. The van der Waals surface area contributed by atoms with Gasteiger partial charge in [0.2, 0.25) is 0 Å². The van der Waals surface area contributed by atoms with Crippen LogP contribution in [0.1, 0.15) is 73.3 Å². The highest BCUT2D eigenvalue weighted by molar-refractivity contribution is 7.91. The van der Waals surface area contributed by atoms with E-state index in [0.29, 0.717) is 34.0 Å². The third-order valence-electron chi connectivity index (χ3n) is 7.70. The van der Waals surface area contributed by atoms with Crippen molar-refractivity contribution in [2.45, 2.75) is 57.5 Å². The number of carbonyl (C=O) groups excluding carboxylic acids is 2. The fraction of sp³-hybridized carbons (Fsp3) is 0.294. The summed E-state index contributed by atoms with van der Waals surface area (Å²) >= 11 is -1.69. The first-order valence-corrected chi connectivity index (χ1v) is 15.9. The van der Waals surface area contributed by atoms with Crippen LogP contribution in [0.15, 0.2) is 83.3 Å². The zero-order valence-corrected chi connectivity index (χ0v) is 27.1. The number of alkyl halides is 3. The number of halogens is 4. The van der Waals surface area contributed by atoms with Crippen LogP contribution in [0.5, 0.6) is 0 Å². The molecule has 1 aliphatic rings. The smallest absolute Gasteiger partial charge is 0.416 e. The van der Waals surface area contributed by atoms with Gasteiger partial charge in [0.25, 0.3) is 11.8 Å². The van der Waals surface area contributed by atoms with Gasteiger partial charge in [-0.05, 0) is 82.6 Å². The van der Waals surface area contributed by atoms with Crippen LogP contribution >= 0.6 is 0 Å². The van der Waals surface area contributed by atoms with E-state index < -0.39 is 57.4 Å². The van der Waals surface area contributed by atoms with E-state index in [1.54, 1.807) is 63.6 Å². The summed E-state index contributed by atoms with van der Waals surface area (Å²) in [6.45, 7) is 8.84. The average molecular weight is 668 g/mol. The summed E-state index contributed by atoms with van der Waals surface area (Å²) in [6.07, 6.45) is -4.69. The number of nitrogens with one attached hydrogen (secondary N) is 1. The van der Waals surface area contributed by atoms with Crippen LogP contribution in [0.4, 0.5) is 23.4 Å². The molecular formula is C34H33F4N5O3S. The number of para-hydroxylation sites is 1. The summed E-state index contributed by atoms with van der Waals surface area (Å²) < 4.78 is 73.2. The predicted octanol–water partition coefficient (Wildman–Crippen LogP) is 6.60. The molecule has 0 radical (unpaired) electrons. The number of fused-ring (bicyclic) bond motifs is 1. The largest absolute Gasteiger partial charge is 0.591 e. The van der Waals surface area contributed by atoms with Crippen molar-refractivity contribution in [2.24, 2.45) is 4.40 Å². The van der Waals surface area contributed by atoms with Crippen LogP contribution in [0.3, 0.4) is 0 Å². The Morgan fingerprint density at radius 3 is 2.28 bits per heavy atom. The number of benzene rings is 3. The molecule has 1 aromatic heterocycles. The molecule has 1 unspecified atom stereocenters. The van der Waals surface area contributed by atoms with E-state index in [1.165, 1.54) is 35.2 Å². The maximum absolute atomic E-state index is 14.4. The number of nitrogens with zero attached hydrogens (tertiary/aromatic N) is 4. The Balaban J connectivity index is 1.76. The molecule has 246 valence electrons. The molecule has 2 heterocycles. The van der Waals surface area contributed by atoms with Crippen LogP contribution < -0.4 is 10.2 Å². The van der Waals surface area contributed by atoms with E-state index in [4.69, 9.17) is 5.10 Å². The van der Waals surface area contributed by atoms with Crippen LogP contribution in [-0.2, 0) is 22.3 Å². The van der Waals surface area contributed by atoms with Gasteiger partial charge in [-0.1, -0.05) is 40.8 Å². The van der Waals surface area contributed by atoms with Crippen molar-refractivity contribution in [3.8, 4) is 5.69 Å². The molecule has 3 atom stereocenters. The molecule has 0 aliphatic carbocycles. The van der Waals surface area contributed by atoms with E-state index in [1.807, 2.05) is 6.07 Å². The van der Waals surface area contributed by atoms with Crippen LogP contribution in [0.25, 0.3) is 5.69 Å². The van der Waals surface area contributed by atoms with Gasteiger partial charge < -0.3 is 9.87 Å². The maximum Gasteiger partial charge on any atom is 0.416 e. The molecule has 5 rings (SSSR count). The third kappa shape index (κ3) is 6.82. The first-order valence-electron chi connectivity index (χ1n) is 14.8. The van der Waals surface area contributed by atoms with Gasteiger partial charge in [0.05, 0.1) is 11.3 Å². The molecule has 2 amide bonds. The van der Waals surface area contributed by atoms with Crippen molar-refractivity contribution in [1.82, 2.24) is 15.1 Å². The van der Waals surface area contributed by atoms with Gasteiger partial charge in [-0.3, -0.25) is 14.5 Å². The summed E-state index contributed by atoms with van der Waals surface area (Å²) in [4.78, 5) is 29.4. The zero-order chi connectivity index (χ0) is 34.3.